The van der Waals surface area contributed by atoms with Crippen molar-refractivity contribution in [3.8, 4) is 0 Å². The third kappa shape index (κ3) is 3.54. The van der Waals surface area contributed by atoms with Crippen molar-refractivity contribution in [2.24, 2.45) is 0 Å². The maximum atomic E-state index is 10.6. The van der Waals surface area contributed by atoms with E-state index in [9.17, 15) is 10.2 Å². The van der Waals surface area contributed by atoms with E-state index in [1.165, 1.54) is 0 Å². The highest BCUT2D eigenvalue weighted by molar-refractivity contribution is 5.26. The van der Waals surface area contributed by atoms with Crippen LogP contribution in [0.25, 0.3) is 0 Å². The number of hydrogen-bond donors (Lipinski definition) is 2. The highest BCUT2D eigenvalue weighted by Crippen LogP contribution is 2.40. The summed E-state index contributed by atoms with van der Waals surface area (Å²) in [6.45, 7) is 8.02. The van der Waals surface area contributed by atoms with Crippen LogP contribution in [-0.2, 0) is 25.6 Å². The molecule has 6 heteroatoms. The topological polar surface area (TPSA) is 77.4 Å². The molecule has 0 bridgehead atoms. The molecule has 2 fully saturated rings. The SMILES string of the molecule is C=CCOCc1cccc(C(O)[C@@H]2O[C@H]3OC(C)(C)O[C@H]3[C@@H]2O)c1. The quantitative estimate of drug-likeness (QED) is 0.608. The Balaban J connectivity index is 1.68. The van der Waals surface area contributed by atoms with Crippen LogP contribution < -0.4 is 0 Å². The van der Waals surface area contributed by atoms with Gasteiger partial charge in [-0.1, -0.05) is 30.3 Å². The normalized spacial score (nSPS) is 32.5. The summed E-state index contributed by atoms with van der Waals surface area (Å²) in [5.41, 5.74) is 1.58. The molecular weight excluding hydrogens is 312 g/mol. The molecule has 6 nitrogen and oxygen atoms in total. The lowest BCUT2D eigenvalue weighted by Crippen LogP contribution is -2.37. The van der Waals surface area contributed by atoms with Crippen LogP contribution in [0.5, 0.6) is 0 Å². The minimum Gasteiger partial charge on any atom is -0.387 e. The zero-order chi connectivity index (χ0) is 17.3. The van der Waals surface area contributed by atoms with Gasteiger partial charge in [0.25, 0.3) is 0 Å². The first-order chi connectivity index (χ1) is 11.4. The predicted molar refractivity (Wildman–Crippen MR) is 86.0 cm³/mol. The summed E-state index contributed by atoms with van der Waals surface area (Å²) in [5.74, 6) is -0.797. The Morgan fingerprint density at radius 3 is 2.88 bits per heavy atom. The second-order valence-electron chi connectivity index (χ2n) is 6.55. The van der Waals surface area contributed by atoms with Gasteiger partial charge in [-0.2, -0.15) is 0 Å². The molecule has 2 N–H and O–H groups in total. The van der Waals surface area contributed by atoms with Gasteiger partial charge in [-0.05, 0) is 25.0 Å². The Bertz CT molecular complexity index is 587. The van der Waals surface area contributed by atoms with Crippen molar-refractivity contribution in [2.45, 2.75) is 56.9 Å². The molecule has 2 aliphatic heterocycles. The third-order valence-electron chi connectivity index (χ3n) is 4.16. The second-order valence-corrected chi connectivity index (χ2v) is 6.55. The van der Waals surface area contributed by atoms with Crippen LogP contribution in [0.15, 0.2) is 36.9 Å². The Morgan fingerprint density at radius 1 is 1.38 bits per heavy atom. The van der Waals surface area contributed by atoms with Crippen LogP contribution in [0.2, 0.25) is 0 Å². The fourth-order valence-corrected chi connectivity index (χ4v) is 3.09. The summed E-state index contributed by atoms with van der Waals surface area (Å²) in [7, 11) is 0. The summed E-state index contributed by atoms with van der Waals surface area (Å²) in [6, 6.07) is 7.37. The van der Waals surface area contributed by atoms with Crippen molar-refractivity contribution >= 4 is 0 Å². The maximum absolute atomic E-state index is 10.6. The predicted octanol–water partition coefficient (Wildman–Crippen LogP) is 1.66. The number of hydrogen-bond acceptors (Lipinski definition) is 6. The maximum Gasteiger partial charge on any atom is 0.190 e. The number of rotatable bonds is 6. The van der Waals surface area contributed by atoms with Gasteiger partial charge in [0.15, 0.2) is 12.1 Å². The van der Waals surface area contributed by atoms with Crippen LogP contribution in [0.4, 0.5) is 0 Å². The standard InChI is InChI=1S/C18H24O6/c1-4-8-21-10-11-6-5-7-12(9-11)13(19)15-14(20)16-17(22-15)24-18(2,3)23-16/h4-7,9,13-17,19-20H,1,8,10H2,2-3H3/t13?,14-,15+,16+,17+/m1/s1. The molecule has 24 heavy (non-hydrogen) atoms. The van der Waals surface area contributed by atoms with Gasteiger partial charge >= 0.3 is 0 Å². The molecule has 1 aromatic rings. The van der Waals surface area contributed by atoms with Crippen molar-refractivity contribution in [3.63, 3.8) is 0 Å². The molecule has 5 atom stereocenters. The largest absolute Gasteiger partial charge is 0.387 e. The Hall–Kier alpha value is -1.28. The first kappa shape index (κ1) is 17.5. The first-order valence-electron chi connectivity index (χ1n) is 8.06. The molecule has 0 aromatic heterocycles. The summed E-state index contributed by atoms with van der Waals surface area (Å²) < 4.78 is 22.4. The van der Waals surface area contributed by atoms with E-state index in [0.717, 1.165) is 5.56 Å². The van der Waals surface area contributed by atoms with Gasteiger partial charge in [0.1, 0.15) is 24.4 Å². The summed E-state index contributed by atoms with van der Waals surface area (Å²) in [4.78, 5) is 0. The van der Waals surface area contributed by atoms with E-state index in [1.807, 2.05) is 18.2 Å². The van der Waals surface area contributed by atoms with Crippen molar-refractivity contribution in [3.05, 3.63) is 48.0 Å². The summed E-state index contributed by atoms with van der Waals surface area (Å²) in [5, 5.41) is 21.1. The number of aliphatic hydroxyl groups is 2. The van der Waals surface area contributed by atoms with Crippen LogP contribution in [0, 0.1) is 0 Å². The van der Waals surface area contributed by atoms with Crippen LogP contribution in [0.1, 0.15) is 31.1 Å². The van der Waals surface area contributed by atoms with E-state index in [4.69, 9.17) is 18.9 Å². The average Bonchev–Trinajstić information content (AvgIpc) is 3.00. The fraction of sp³-hybridized carbons (Fsp3) is 0.556. The van der Waals surface area contributed by atoms with Crippen molar-refractivity contribution < 1.29 is 29.2 Å². The number of benzene rings is 1. The van der Waals surface area contributed by atoms with Crippen LogP contribution in [0.3, 0.4) is 0 Å². The molecule has 1 unspecified atom stereocenters. The molecule has 1 aromatic carbocycles. The zero-order valence-electron chi connectivity index (χ0n) is 13.9. The molecule has 0 amide bonds. The lowest BCUT2D eigenvalue weighted by molar-refractivity contribution is -0.226. The van der Waals surface area contributed by atoms with Gasteiger partial charge in [0.2, 0.25) is 0 Å². The lowest BCUT2D eigenvalue weighted by atomic mass is 9.98. The highest BCUT2D eigenvalue weighted by Gasteiger charge is 2.56. The van der Waals surface area contributed by atoms with Gasteiger partial charge in [-0.3, -0.25) is 0 Å². The molecule has 2 heterocycles. The van der Waals surface area contributed by atoms with Gasteiger partial charge in [-0.25, -0.2) is 0 Å². The molecule has 0 saturated carbocycles. The number of ether oxygens (including phenoxy) is 4. The minimum atomic E-state index is -0.986. The van der Waals surface area contributed by atoms with Gasteiger partial charge in [0, 0.05) is 0 Å². The molecule has 0 spiro atoms. The van der Waals surface area contributed by atoms with Gasteiger partial charge in [-0.15, -0.1) is 6.58 Å². The molecule has 0 radical (unpaired) electrons. The number of fused-ring (bicyclic) bond motifs is 1. The van der Waals surface area contributed by atoms with E-state index in [1.54, 1.807) is 26.0 Å². The molecule has 132 valence electrons. The third-order valence-corrected chi connectivity index (χ3v) is 4.16. The lowest BCUT2D eigenvalue weighted by Gasteiger charge is -2.26. The summed E-state index contributed by atoms with van der Waals surface area (Å²) >= 11 is 0. The zero-order valence-corrected chi connectivity index (χ0v) is 13.9. The first-order valence-corrected chi connectivity index (χ1v) is 8.06. The van der Waals surface area contributed by atoms with Gasteiger partial charge < -0.3 is 29.2 Å². The minimum absolute atomic E-state index is 0.423. The van der Waals surface area contributed by atoms with Gasteiger partial charge in [0.05, 0.1) is 13.2 Å². The molecule has 3 rings (SSSR count). The highest BCUT2D eigenvalue weighted by atomic mass is 16.8. The Morgan fingerprint density at radius 2 is 2.17 bits per heavy atom. The van der Waals surface area contributed by atoms with E-state index < -0.39 is 36.5 Å². The monoisotopic (exact) mass is 336 g/mol. The van der Waals surface area contributed by atoms with E-state index >= 15 is 0 Å². The summed E-state index contributed by atoms with van der Waals surface area (Å²) in [6.07, 6.45) is -2.34. The van der Waals surface area contributed by atoms with E-state index in [2.05, 4.69) is 6.58 Å². The van der Waals surface area contributed by atoms with E-state index in [0.29, 0.717) is 18.8 Å². The van der Waals surface area contributed by atoms with E-state index in [-0.39, 0.29) is 0 Å². The molecule has 2 saturated heterocycles. The van der Waals surface area contributed by atoms with Crippen LogP contribution in [-0.4, -0.2) is 47.2 Å². The fourth-order valence-electron chi connectivity index (χ4n) is 3.09. The van der Waals surface area contributed by atoms with Crippen molar-refractivity contribution in [1.29, 1.82) is 0 Å². The van der Waals surface area contributed by atoms with Crippen molar-refractivity contribution in [2.75, 3.05) is 6.61 Å². The molecule has 0 aliphatic carbocycles. The van der Waals surface area contributed by atoms with Crippen molar-refractivity contribution in [1.82, 2.24) is 0 Å². The second kappa shape index (κ2) is 6.92. The average molecular weight is 336 g/mol. The molecule has 2 aliphatic rings. The molecular formula is C18H24O6. The smallest absolute Gasteiger partial charge is 0.190 e. The Kier molecular flexibility index (Phi) is 5.05. The number of aliphatic hydroxyl groups excluding tert-OH is 2. The Labute approximate surface area is 141 Å². The van der Waals surface area contributed by atoms with Crippen LogP contribution >= 0.6 is 0 Å².